The van der Waals surface area contributed by atoms with Crippen LogP contribution in [0.3, 0.4) is 0 Å². The van der Waals surface area contributed by atoms with Crippen LogP contribution in [0.15, 0.2) is 47.8 Å². The molecule has 0 N–H and O–H groups in total. The molecular weight excluding hydrogens is 374 g/mol. The average Bonchev–Trinajstić information content (AvgIpc) is 3.29. The monoisotopic (exact) mass is 389 g/mol. The molecule has 2 aromatic heterocycles. The molecule has 0 bridgehead atoms. The summed E-state index contributed by atoms with van der Waals surface area (Å²) in [6, 6.07) is 13.7. The van der Waals surface area contributed by atoms with Crippen molar-refractivity contribution in [2.24, 2.45) is 0 Å². The summed E-state index contributed by atoms with van der Waals surface area (Å²) in [6.07, 6.45) is 0.885. The van der Waals surface area contributed by atoms with E-state index in [9.17, 15) is 4.79 Å². The van der Waals surface area contributed by atoms with Crippen LogP contribution in [0.5, 0.6) is 5.75 Å². The van der Waals surface area contributed by atoms with Gasteiger partial charge in [0.25, 0.3) is 5.91 Å². The smallest absolute Gasteiger partial charge is 0.264 e. The Morgan fingerprint density at radius 1 is 1.20 bits per heavy atom. The Morgan fingerprint density at radius 2 is 2.00 bits per heavy atom. The maximum absolute atomic E-state index is 13.1. The molecule has 0 saturated heterocycles. The fourth-order valence-electron chi connectivity index (χ4n) is 3.21. The van der Waals surface area contributed by atoms with Crippen molar-refractivity contribution >= 4 is 40.2 Å². The third kappa shape index (κ3) is 3.08. The first-order chi connectivity index (χ1) is 12.2. The molecule has 0 spiro atoms. The van der Waals surface area contributed by atoms with Crippen LogP contribution in [0.4, 0.5) is 0 Å². The summed E-state index contributed by atoms with van der Waals surface area (Å²) in [5.74, 6) is 0.852. The third-order valence-corrected chi connectivity index (χ3v) is 6.67. The van der Waals surface area contributed by atoms with Crippen LogP contribution in [-0.2, 0) is 6.42 Å². The minimum atomic E-state index is -0.0666. The number of rotatable bonds is 3. The lowest BCUT2D eigenvalue weighted by Gasteiger charge is -2.36. The third-order valence-electron chi connectivity index (χ3n) is 4.44. The fraction of sp³-hybridized carbons (Fsp3) is 0.211. The molecule has 25 heavy (non-hydrogen) atoms. The molecule has 1 unspecified atom stereocenters. The second-order valence-corrected chi connectivity index (χ2v) is 8.50. The van der Waals surface area contributed by atoms with Gasteiger partial charge in [0.05, 0.1) is 22.4 Å². The average molecular weight is 390 g/mol. The van der Waals surface area contributed by atoms with Gasteiger partial charge in [-0.3, -0.25) is 4.79 Å². The lowest BCUT2D eigenvalue weighted by Crippen LogP contribution is -2.39. The van der Waals surface area contributed by atoms with Crippen LogP contribution in [0.1, 0.15) is 31.7 Å². The number of carbonyl (C=O) groups excluding carboxylic acids is 1. The molecule has 4 rings (SSSR count). The standard InChI is InChI=1S/C19H16ClNO2S2/c1-23-14-4-2-12(3-5-14)17-18-13(9-11-24-18)8-10-21(17)19(22)15-6-7-16(20)25-15/h2-7,9,11,17H,8,10H2,1H3. The van der Waals surface area contributed by atoms with Crippen LogP contribution in [0.2, 0.25) is 4.34 Å². The summed E-state index contributed by atoms with van der Waals surface area (Å²) in [5, 5.41) is 2.11. The number of halogens is 1. The van der Waals surface area contributed by atoms with Crippen LogP contribution >= 0.6 is 34.3 Å². The molecule has 1 amide bonds. The van der Waals surface area contributed by atoms with Crippen molar-refractivity contribution in [2.45, 2.75) is 12.5 Å². The van der Waals surface area contributed by atoms with E-state index in [1.807, 2.05) is 35.2 Å². The molecular formula is C19H16ClNO2S2. The van der Waals surface area contributed by atoms with Gasteiger partial charge in [-0.25, -0.2) is 0 Å². The van der Waals surface area contributed by atoms with Crippen molar-refractivity contribution < 1.29 is 9.53 Å². The van der Waals surface area contributed by atoms with Crippen molar-refractivity contribution in [3.8, 4) is 5.75 Å². The molecule has 1 aliphatic heterocycles. The number of hydrogen-bond donors (Lipinski definition) is 0. The number of nitrogens with zero attached hydrogens (tertiary/aromatic N) is 1. The topological polar surface area (TPSA) is 29.5 Å². The largest absolute Gasteiger partial charge is 0.497 e. The van der Waals surface area contributed by atoms with Gasteiger partial charge in [0.1, 0.15) is 5.75 Å². The van der Waals surface area contributed by atoms with Crippen molar-refractivity contribution in [3.05, 3.63) is 73.1 Å². The number of ether oxygens (including phenoxy) is 1. The van der Waals surface area contributed by atoms with Crippen LogP contribution in [-0.4, -0.2) is 24.5 Å². The second-order valence-electron chi connectivity index (χ2n) is 5.84. The minimum absolute atomic E-state index is 0.0387. The van der Waals surface area contributed by atoms with Crippen molar-refractivity contribution in [2.75, 3.05) is 13.7 Å². The Hall–Kier alpha value is -1.82. The predicted octanol–water partition coefficient (Wildman–Crippen LogP) is 5.26. The SMILES string of the molecule is COc1ccc(C2c3sccc3CCN2C(=O)c2ccc(Cl)s2)cc1. The van der Waals surface area contributed by atoms with Crippen LogP contribution < -0.4 is 4.74 Å². The Kier molecular flexibility index (Phi) is 4.54. The number of carbonyl (C=O) groups is 1. The maximum Gasteiger partial charge on any atom is 0.264 e. The Balaban J connectivity index is 1.75. The van der Waals surface area contributed by atoms with Gasteiger partial charge in [-0.05, 0) is 53.3 Å². The van der Waals surface area contributed by atoms with Crippen LogP contribution in [0, 0.1) is 0 Å². The molecule has 0 fully saturated rings. The molecule has 128 valence electrons. The number of hydrogen-bond acceptors (Lipinski definition) is 4. The summed E-state index contributed by atoms with van der Waals surface area (Å²) in [7, 11) is 1.66. The lowest BCUT2D eigenvalue weighted by molar-refractivity contribution is 0.0703. The summed E-state index contributed by atoms with van der Waals surface area (Å²) in [4.78, 5) is 17.0. The molecule has 3 nitrogen and oxygen atoms in total. The quantitative estimate of drug-likeness (QED) is 0.611. The van der Waals surface area contributed by atoms with E-state index in [0.717, 1.165) is 17.7 Å². The number of amides is 1. The van der Waals surface area contributed by atoms with E-state index in [1.165, 1.54) is 21.8 Å². The molecule has 1 atom stereocenters. The predicted molar refractivity (Wildman–Crippen MR) is 103 cm³/mol. The summed E-state index contributed by atoms with van der Waals surface area (Å²) < 4.78 is 5.90. The van der Waals surface area contributed by atoms with Crippen molar-refractivity contribution in [1.82, 2.24) is 4.90 Å². The highest BCUT2D eigenvalue weighted by molar-refractivity contribution is 7.18. The van der Waals surface area contributed by atoms with Gasteiger partial charge in [-0.15, -0.1) is 22.7 Å². The highest BCUT2D eigenvalue weighted by Crippen LogP contribution is 2.40. The van der Waals surface area contributed by atoms with E-state index in [-0.39, 0.29) is 11.9 Å². The Labute approximate surface area is 159 Å². The van der Waals surface area contributed by atoms with Crippen LogP contribution in [0.25, 0.3) is 0 Å². The Bertz CT molecular complexity index is 900. The van der Waals surface area contributed by atoms with E-state index >= 15 is 0 Å². The van der Waals surface area contributed by atoms with Gasteiger partial charge >= 0.3 is 0 Å². The zero-order valence-corrected chi connectivity index (χ0v) is 16.0. The first-order valence-electron chi connectivity index (χ1n) is 7.94. The minimum Gasteiger partial charge on any atom is -0.497 e. The maximum atomic E-state index is 13.1. The summed E-state index contributed by atoms with van der Waals surface area (Å²) in [6.45, 7) is 0.703. The van der Waals surface area contributed by atoms with Gasteiger partial charge in [0.15, 0.2) is 0 Å². The molecule has 6 heteroatoms. The zero-order chi connectivity index (χ0) is 17.4. The van der Waals surface area contributed by atoms with Gasteiger partial charge in [-0.2, -0.15) is 0 Å². The van der Waals surface area contributed by atoms with Crippen molar-refractivity contribution in [3.63, 3.8) is 0 Å². The zero-order valence-electron chi connectivity index (χ0n) is 13.6. The Morgan fingerprint density at radius 3 is 2.68 bits per heavy atom. The van der Waals surface area contributed by atoms with E-state index in [0.29, 0.717) is 15.8 Å². The highest BCUT2D eigenvalue weighted by atomic mass is 35.5. The first-order valence-corrected chi connectivity index (χ1v) is 10.0. The fourth-order valence-corrected chi connectivity index (χ4v) is 5.30. The number of methoxy groups -OCH3 is 1. The van der Waals surface area contributed by atoms with Gasteiger partial charge in [0, 0.05) is 11.4 Å². The molecule has 0 radical (unpaired) electrons. The van der Waals surface area contributed by atoms with Gasteiger partial charge < -0.3 is 9.64 Å². The highest BCUT2D eigenvalue weighted by Gasteiger charge is 2.34. The summed E-state index contributed by atoms with van der Waals surface area (Å²) >= 11 is 9.08. The van der Waals surface area contributed by atoms with Gasteiger partial charge in [-0.1, -0.05) is 23.7 Å². The van der Waals surface area contributed by atoms with E-state index in [4.69, 9.17) is 16.3 Å². The lowest BCUT2D eigenvalue weighted by atomic mass is 9.95. The van der Waals surface area contributed by atoms with Gasteiger partial charge in [0.2, 0.25) is 0 Å². The number of thiophene rings is 2. The molecule has 3 heterocycles. The summed E-state index contributed by atoms with van der Waals surface area (Å²) in [5.41, 5.74) is 2.43. The number of benzene rings is 1. The molecule has 3 aromatic rings. The van der Waals surface area contributed by atoms with E-state index < -0.39 is 0 Å². The molecule has 1 aliphatic rings. The molecule has 0 aliphatic carbocycles. The van der Waals surface area contributed by atoms with Crippen molar-refractivity contribution in [1.29, 1.82) is 0 Å². The molecule has 1 aromatic carbocycles. The molecule has 0 saturated carbocycles. The van der Waals surface area contributed by atoms with E-state index in [2.05, 4.69) is 11.4 Å². The normalized spacial score (nSPS) is 16.6. The first kappa shape index (κ1) is 16.6. The van der Waals surface area contributed by atoms with E-state index in [1.54, 1.807) is 24.5 Å². The second kappa shape index (κ2) is 6.83. The number of fused-ring (bicyclic) bond motifs is 1.